The van der Waals surface area contributed by atoms with E-state index in [1.807, 2.05) is 12.1 Å². The van der Waals surface area contributed by atoms with Crippen molar-refractivity contribution >= 4 is 21.6 Å². The maximum Gasteiger partial charge on any atom is 0.238 e. The van der Waals surface area contributed by atoms with E-state index in [1.54, 1.807) is 17.0 Å². The second-order valence-electron chi connectivity index (χ2n) is 8.29. The van der Waals surface area contributed by atoms with E-state index in [9.17, 15) is 22.0 Å². The summed E-state index contributed by atoms with van der Waals surface area (Å²) in [7, 11) is -3.87. The number of fused-ring (bicyclic) bond motifs is 2. The number of nitrogens with two attached hydrogens (primary N) is 1. The van der Waals surface area contributed by atoms with Crippen LogP contribution in [0.25, 0.3) is 11.1 Å². The van der Waals surface area contributed by atoms with E-state index in [1.165, 1.54) is 18.2 Å². The minimum atomic E-state index is -3.87. The Balaban J connectivity index is 1.41. The first-order valence-corrected chi connectivity index (χ1v) is 11.8. The average molecular weight is 454 g/mol. The molecule has 0 fully saturated rings. The molecule has 1 aliphatic carbocycles. The third-order valence-electron chi connectivity index (χ3n) is 6.27. The first kappa shape index (κ1) is 20.8. The molecule has 2 aliphatic rings. The topological polar surface area (TPSA) is 80.5 Å². The molecule has 0 saturated heterocycles. The maximum absolute atomic E-state index is 14.2. The van der Waals surface area contributed by atoms with E-state index in [-0.39, 0.29) is 22.3 Å². The van der Waals surface area contributed by atoms with E-state index in [2.05, 4.69) is 0 Å². The minimum Gasteiger partial charge on any atom is -0.312 e. The average Bonchev–Trinajstić information content (AvgIpc) is 3.37. The number of nitrogens with zero attached hydrogens (tertiary/aromatic N) is 1. The second-order valence-corrected chi connectivity index (χ2v) is 9.85. The quantitative estimate of drug-likeness (QED) is 0.657. The van der Waals surface area contributed by atoms with Crippen molar-refractivity contribution in [2.24, 2.45) is 11.1 Å². The van der Waals surface area contributed by atoms with E-state index in [0.717, 1.165) is 28.8 Å². The lowest BCUT2D eigenvalue weighted by Crippen LogP contribution is -2.35. The summed E-state index contributed by atoms with van der Waals surface area (Å²) in [6.45, 7) is 0.481. The number of hydrogen-bond donors (Lipinski definition) is 1. The van der Waals surface area contributed by atoms with Crippen LogP contribution in [0, 0.1) is 17.6 Å². The minimum absolute atomic E-state index is 0.0209. The molecule has 3 aromatic carbocycles. The Kier molecular flexibility index (Phi) is 4.87. The van der Waals surface area contributed by atoms with Gasteiger partial charge in [0.25, 0.3) is 0 Å². The molecule has 0 saturated carbocycles. The van der Waals surface area contributed by atoms with Crippen molar-refractivity contribution in [1.82, 2.24) is 0 Å². The van der Waals surface area contributed by atoms with Gasteiger partial charge >= 0.3 is 0 Å². The molecule has 8 heteroatoms. The van der Waals surface area contributed by atoms with Gasteiger partial charge in [-0.05, 0) is 71.8 Å². The predicted octanol–water partition coefficient (Wildman–Crippen LogP) is 3.58. The van der Waals surface area contributed by atoms with Crippen molar-refractivity contribution in [3.8, 4) is 11.1 Å². The van der Waals surface area contributed by atoms with Crippen LogP contribution in [0.3, 0.4) is 0 Å². The molecular formula is C24H20F2N2O3S. The number of rotatable bonds is 3. The normalized spacial score (nSPS) is 17.3. The Morgan fingerprint density at radius 2 is 1.69 bits per heavy atom. The van der Waals surface area contributed by atoms with Gasteiger partial charge in [-0.15, -0.1) is 0 Å². The molecular weight excluding hydrogens is 434 g/mol. The van der Waals surface area contributed by atoms with E-state index >= 15 is 0 Å². The Labute approximate surface area is 184 Å². The standard InChI is InChI=1S/C24H20F2N2O3S/c25-19-4-6-22(26)21(12-19)16-2-1-15-9-18(11-17(15)10-16)24(29)28-8-7-14-3-5-20(13-23(14)28)32(27,30)31/h1-6,10,12-13,18H,7-9,11H2,(H2,27,30,31). The third-order valence-corrected chi connectivity index (χ3v) is 7.19. The van der Waals surface area contributed by atoms with Crippen molar-refractivity contribution in [2.75, 3.05) is 11.4 Å². The molecule has 2 N–H and O–H groups in total. The van der Waals surface area contributed by atoms with Crippen molar-refractivity contribution in [1.29, 1.82) is 0 Å². The van der Waals surface area contributed by atoms with Crippen molar-refractivity contribution in [2.45, 2.75) is 24.2 Å². The molecule has 5 rings (SSSR count). The van der Waals surface area contributed by atoms with E-state index in [4.69, 9.17) is 5.14 Å². The molecule has 0 bridgehead atoms. The van der Waals surface area contributed by atoms with Gasteiger partial charge in [-0.1, -0.05) is 24.3 Å². The monoisotopic (exact) mass is 454 g/mol. The lowest BCUT2D eigenvalue weighted by molar-refractivity contribution is -0.122. The Bertz CT molecular complexity index is 1370. The van der Waals surface area contributed by atoms with Crippen LogP contribution in [0.5, 0.6) is 0 Å². The Hall–Kier alpha value is -3.10. The van der Waals surface area contributed by atoms with Crippen molar-refractivity contribution in [3.63, 3.8) is 0 Å². The molecule has 164 valence electrons. The van der Waals surface area contributed by atoms with Crippen LogP contribution < -0.4 is 10.0 Å². The van der Waals surface area contributed by atoms with E-state index in [0.29, 0.717) is 37.1 Å². The summed E-state index contributed by atoms with van der Waals surface area (Å²) < 4.78 is 51.3. The van der Waals surface area contributed by atoms with Crippen LogP contribution >= 0.6 is 0 Å². The van der Waals surface area contributed by atoms with Crippen molar-refractivity contribution in [3.05, 3.63) is 82.9 Å². The van der Waals surface area contributed by atoms with Crippen molar-refractivity contribution < 1.29 is 22.0 Å². The highest BCUT2D eigenvalue weighted by Crippen LogP contribution is 2.36. The highest BCUT2D eigenvalue weighted by atomic mass is 32.2. The van der Waals surface area contributed by atoms with Crippen LogP contribution in [0.2, 0.25) is 0 Å². The fourth-order valence-corrected chi connectivity index (χ4v) is 5.20. The fraction of sp³-hybridized carbons (Fsp3) is 0.208. The molecule has 3 aromatic rings. The Morgan fingerprint density at radius 3 is 2.47 bits per heavy atom. The summed E-state index contributed by atoms with van der Waals surface area (Å²) in [4.78, 5) is 14.9. The van der Waals surface area contributed by atoms with Crippen LogP contribution in [-0.2, 0) is 34.1 Å². The number of primary sulfonamides is 1. The van der Waals surface area contributed by atoms with Gasteiger partial charge in [0, 0.05) is 23.7 Å². The lowest BCUT2D eigenvalue weighted by Gasteiger charge is -2.21. The zero-order valence-corrected chi connectivity index (χ0v) is 17.8. The van der Waals surface area contributed by atoms with Crippen LogP contribution in [-0.4, -0.2) is 20.9 Å². The molecule has 0 radical (unpaired) electrons. The first-order chi connectivity index (χ1) is 15.2. The summed E-state index contributed by atoms with van der Waals surface area (Å²) in [5.41, 5.74) is 4.18. The maximum atomic E-state index is 14.2. The lowest BCUT2D eigenvalue weighted by atomic mass is 10.00. The largest absolute Gasteiger partial charge is 0.312 e. The zero-order valence-electron chi connectivity index (χ0n) is 17.0. The highest BCUT2D eigenvalue weighted by molar-refractivity contribution is 7.89. The van der Waals surface area contributed by atoms with Gasteiger partial charge in [0.15, 0.2) is 0 Å². The summed E-state index contributed by atoms with van der Waals surface area (Å²) in [6.07, 6.45) is 1.68. The molecule has 0 aromatic heterocycles. The number of anilines is 1. The number of carbonyl (C=O) groups excluding carboxylic acids is 1. The zero-order chi connectivity index (χ0) is 22.6. The summed E-state index contributed by atoms with van der Waals surface area (Å²) >= 11 is 0. The first-order valence-electron chi connectivity index (χ1n) is 10.2. The van der Waals surface area contributed by atoms with Gasteiger partial charge in [-0.25, -0.2) is 22.3 Å². The van der Waals surface area contributed by atoms with Gasteiger partial charge in [-0.3, -0.25) is 4.79 Å². The third kappa shape index (κ3) is 3.59. The fourth-order valence-electron chi connectivity index (χ4n) is 4.66. The number of amides is 1. The van der Waals surface area contributed by atoms with Gasteiger partial charge in [0.05, 0.1) is 4.90 Å². The number of halogens is 2. The van der Waals surface area contributed by atoms with Crippen LogP contribution in [0.1, 0.15) is 16.7 Å². The summed E-state index contributed by atoms with van der Waals surface area (Å²) in [5.74, 6) is -1.40. The molecule has 1 heterocycles. The predicted molar refractivity (Wildman–Crippen MR) is 117 cm³/mol. The Morgan fingerprint density at radius 1 is 0.938 bits per heavy atom. The second kappa shape index (κ2) is 7.50. The van der Waals surface area contributed by atoms with E-state index < -0.39 is 21.7 Å². The number of sulfonamides is 1. The number of hydrogen-bond acceptors (Lipinski definition) is 3. The summed E-state index contributed by atoms with van der Waals surface area (Å²) in [5, 5.41) is 5.25. The molecule has 1 aliphatic heterocycles. The van der Waals surface area contributed by atoms with Gasteiger partial charge in [0.1, 0.15) is 11.6 Å². The molecule has 0 spiro atoms. The molecule has 1 unspecified atom stereocenters. The SMILES string of the molecule is NS(=O)(=O)c1ccc2c(c1)N(C(=O)C1Cc3ccc(-c4cc(F)ccc4F)cc3C1)CC2. The molecule has 5 nitrogen and oxygen atoms in total. The smallest absolute Gasteiger partial charge is 0.238 e. The van der Waals surface area contributed by atoms with Crippen LogP contribution in [0.4, 0.5) is 14.5 Å². The molecule has 1 amide bonds. The summed E-state index contributed by atoms with van der Waals surface area (Å²) in [6, 6.07) is 13.4. The van der Waals surface area contributed by atoms with Gasteiger partial charge in [0.2, 0.25) is 15.9 Å². The number of benzene rings is 3. The van der Waals surface area contributed by atoms with Gasteiger partial charge < -0.3 is 4.90 Å². The molecule has 1 atom stereocenters. The number of carbonyl (C=O) groups is 1. The highest BCUT2D eigenvalue weighted by Gasteiger charge is 2.34. The van der Waals surface area contributed by atoms with Gasteiger partial charge in [-0.2, -0.15) is 0 Å². The molecule has 32 heavy (non-hydrogen) atoms. The van der Waals surface area contributed by atoms with Crippen LogP contribution in [0.15, 0.2) is 59.5 Å².